The third-order valence-electron chi connectivity index (χ3n) is 4.66. The topological polar surface area (TPSA) is 104 Å². The molecule has 7 nitrogen and oxygen atoms in total. The van der Waals surface area contributed by atoms with Gasteiger partial charge in [-0.15, -0.1) is 13.2 Å². The molecule has 10 heteroatoms. The second-order valence-electron chi connectivity index (χ2n) is 7.06. The summed E-state index contributed by atoms with van der Waals surface area (Å²) in [5, 5.41) is 4.00. The van der Waals surface area contributed by atoms with Gasteiger partial charge in [0.2, 0.25) is 0 Å². The zero-order chi connectivity index (χ0) is 24.3. The van der Waals surface area contributed by atoms with E-state index in [2.05, 4.69) is 15.0 Å². The summed E-state index contributed by atoms with van der Waals surface area (Å²) in [5.41, 5.74) is 5.97. The minimum atomic E-state index is -4.79. The molecular weight excluding hydrogens is 451 g/mol. The number of halogens is 3. The summed E-state index contributed by atoms with van der Waals surface area (Å²) < 4.78 is 46.5. The van der Waals surface area contributed by atoms with E-state index in [1.165, 1.54) is 24.4 Å². The molecule has 0 spiro atoms. The molecule has 0 bridgehead atoms. The van der Waals surface area contributed by atoms with E-state index in [1.54, 1.807) is 42.5 Å². The first-order chi connectivity index (χ1) is 16.2. The Morgan fingerprint density at radius 3 is 2.29 bits per heavy atom. The third-order valence-corrected chi connectivity index (χ3v) is 4.66. The number of primary amides is 1. The van der Waals surface area contributed by atoms with E-state index >= 15 is 0 Å². The van der Waals surface area contributed by atoms with Crippen molar-refractivity contribution in [1.82, 2.24) is 4.98 Å². The summed E-state index contributed by atoms with van der Waals surface area (Å²) in [6.07, 6.45) is -3.39. The van der Waals surface area contributed by atoms with Gasteiger partial charge in [0.15, 0.2) is 0 Å². The van der Waals surface area contributed by atoms with E-state index in [9.17, 15) is 22.8 Å². The molecule has 4 rings (SSSR count). The largest absolute Gasteiger partial charge is 0.573 e. The molecule has 0 aliphatic heterocycles. The van der Waals surface area contributed by atoms with Gasteiger partial charge in [-0.2, -0.15) is 0 Å². The molecule has 0 aliphatic rings. The zero-order valence-electron chi connectivity index (χ0n) is 17.3. The Bertz CT molecular complexity index is 1370. The molecule has 1 aromatic heterocycles. The fraction of sp³-hybridized carbons (Fsp3) is 0.0417. The number of ether oxygens (including phenoxy) is 2. The van der Waals surface area contributed by atoms with E-state index in [4.69, 9.17) is 10.5 Å². The molecule has 0 saturated heterocycles. The van der Waals surface area contributed by atoms with Crippen molar-refractivity contribution in [3.8, 4) is 17.2 Å². The fourth-order valence-electron chi connectivity index (χ4n) is 3.21. The first-order valence-electron chi connectivity index (χ1n) is 9.81. The zero-order valence-corrected chi connectivity index (χ0v) is 17.3. The molecular formula is C24H16F3N3O4. The lowest BCUT2D eigenvalue weighted by Gasteiger charge is -2.12. The van der Waals surface area contributed by atoms with Gasteiger partial charge < -0.3 is 20.5 Å². The van der Waals surface area contributed by atoms with Gasteiger partial charge in [-0.05, 0) is 65.4 Å². The number of aromatic nitrogens is 1. The monoisotopic (exact) mass is 467 g/mol. The normalized spacial score (nSPS) is 11.1. The molecule has 0 atom stereocenters. The van der Waals surface area contributed by atoms with Crippen molar-refractivity contribution >= 4 is 28.3 Å². The lowest BCUT2D eigenvalue weighted by molar-refractivity contribution is -0.274. The fourth-order valence-corrected chi connectivity index (χ4v) is 3.21. The molecule has 0 radical (unpaired) electrons. The number of anilines is 1. The average Bonchev–Trinajstić information content (AvgIpc) is 2.79. The number of nitrogens with zero attached hydrogens (tertiary/aromatic N) is 1. The smallest absolute Gasteiger partial charge is 0.457 e. The molecule has 0 saturated carbocycles. The maximum Gasteiger partial charge on any atom is 0.573 e. The second-order valence-corrected chi connectivity index (χ2v) is 7.06. The van der Waals surface area contributed by atoms with Crippen LogP contribution in [0, 0.1) is 0 Å². The summed E-state index contributed by atoms with van der Waals surface area (Å²) in [5.74, 6) is -0.673. The predicted octanol–water partition coefficient (Wildman–Crippen LogP) is 5.28. The summed E-state index contributed by atoms with van der Waals surface area (Å²) in [6.45, 7) is 0. The number of hydrogen-bond donors (Lipinski definition) is 2. The maximum atomic E-state index is 12.8. The van der Waals surface area contributed by atoms with Crippen LogP contribution in [0.2, 0.25) is 0 Å². The number of carbonyl (C=O) groups is 2. The standard InChI is InChI=1S/C24H16F3N3O4/c25-24(26,27)34-16-6-4-15(5-7-16)30-23(32)20-3-1-2-14-12-17(8-9-19(14)20)33-18-10-11-29-21(13-18)22(28)31/h1-13H,(H2,28,31)(H,30,32). The van der Waals surface area contributed by atoms with Crippen LogP contribution in [0.4, 0.5) is 18.9 Å². The van der Waals surface area contributed by atoms with Crippen LogP contribution in [0.25, 0.3) is 10.8 Å². The van der Waals surface area contributed by atoms with Crippen LogP contribution in [0.15, 0.2) is 79.0 Å². The highest BCUT2D eigenvalue weighted by atomic mass is 19.4. The number of nitrogens with two attached hydrogens (primary N) is 1. The number of carbonyl (C=O) groups excluding carboxylic acids is 2. The van der Waals surface area contributed by atoms with Crippen LogP contribution in [0.5, 0.6) is 17.2 Å². The highest BCUT2D eigenvalue weighted by Crippen LogP contribution is 2.29. The van der Waals surface area contributed by atoms with Gasteiger partial charge in [0.05, 0.1) is 0 Å². The molecule has 0 fully saturated rings. The van der Waals surface area contributed by atoms with Gasteiger partial charge in [0, 0.05) is 23.5 Å². The van der Waals surface area contributed by atoms with Crippen LogP contribution in [0.1, 0.15) is 20.8 Å². The molecule has 0 aliphatic carbocycles. The summed E-state index contributed by atoms with van der Waals surface area (Å²) >= 11 is 0. The number of hydrogen-bond acceptors (Lipinski definition) is 5. The van der Waals surface area contributed by atoms with Crippen molar-refractivity contribution in [1.29, 1.82) is 0 Å². The average molecular weight is 467 g/mol. The van der Waals surface area contributed by atoms with Gasteiger partial charge in [0.1, 0.15) is 22.9 Å². The Hall–Kier alpha value is -4.60. The van der Waals surface area contributed by atoms with E-state index in [0.29, 0.717) is 33.5 Å². The van der Waals surface area contributed by atoms with Crippen LogP contribution in [0.3, 0.4) is 0 Å². The van der Waals surface area contributed by atoms with Gasteiger partial charge in [-0.25, -0.2) is 0 Å². The Morgan fingerprint density at radius 1 is 0.882 bits per heavy atom. The van der Waals surface area contributed by atoms with E-state index in [1.807, 2.05) is 0 Å². The number of nitrogens with one attached hydrogen (secondary N) is 1. The van der Waals surface area contributed by atoms with Crippen molar-refractivity contribution in [3.63, 3.8) is 0 Å². The summed E-state index contributed by atoms with van der Waals surface area (Å²) in [6, 6.07) is 18.0. The number of benzene rings is 3. The van der Waals surface area contributed by atoms with Crippen molar-refractivity contribution in [2.45, 2.75) is 6.36 Å². The molecule has 3 aromatic carbocycles. The summed E-state index contributed by atoms with van der Waals surface area (Å²) in [4.78, 5) is 28.0. The predicted molar refractivity (Wildman–Crippen MR) is 118 cm³/mol. The van der Waals surface area contributed by atoms with Crippen molar-refractivity contribution in [2.75, 3.05) is 5.32 Å². The van der Waals surface area contributed by atoms with Crippen molar-refractivity contribution < 1.29 is 32.2 Å². The molecule has 0 unspecified atom stereocenters. The van der Waals surface area contributed by atoms with Crippen LogP contribution >= 0.6 is 0 Å². The Balaban J connectivity index is 1.53. The van der Waals surface area contributed by atoms with Gasteiger partial charge >= 0.3 is 6.36 Å². The first-order valence-corrected chi connectivity index (χ1v) is 9.81. The maximum absolute atomic E-state index is 12.8. The number of fused-ring (bicyclic) bond motifs is 1. The quantitative estimate of drug-likeness (QED) is 0.402. The number of amides is 2. The SMILES string of the molecule is NC(=O)c1cc(Oc2ccc3c(C(=O)Nc4ccc(OC(F)(F)F)cc4)cccc3c2)ccn1. The van der Waals surface area contributed by atoms with Gasteiger partial charge in [0.25, 0.3) is 11.8 Å². The van der Waals surface area contributed by atoms with E-state index in [0.717, 1.165) is 12.1 Å². The molecule has 3 N–H and O–H groups in total. The highest BCUT2D eigenvalue weighted by Gasteiger charge is 2.31. The molecule has 172 valence electrons. The third kappa shape index (κ3) is 5.41. The number of pyridine rings is 1. The van der Waals surface area contributed by atoms with Crippen LogP contribution in [-0.2, 0) is 0 Å². The minimum absolute atomic E-state index is 0.0650. The summed E-state index contributed by atoms with van der Waals surface area (Å²) in [7, 11) is 0. The second kappa shape index (κ2) is 9.10. The number of alkyl halides is 3. The molecule has 4 aromatic rings. The number of rotatable bonds is 6. The lowest BCUT2D eigenvalue weighted by Crippen LogP contribution is -2.17. The molecule has 34 heavy (non-hydrogen) atoms. The van der Waals surface area contributed by atoms with E-state index < -0.39 is 18.2 Å². The minimum Gasteiger partial charge on any atom is -0.457 e. The Morgan fingerprint density at radius 2 is 1.59 bits per heavy atom. The Kier molecular flexibility index (Phi) is 6.05. The van der Waals surface area contributed by atoms with Crippen LogP contribution < -0.4 is 20.5 Å². The molecule has 2 amide bonds. The van der Waals surface area contributed by atoms with Gasteiger partial charge in [-0.1, -0.05) is 12.1 Å². The Labute approximate surface area is 190 Å². The van der Waals surface area contributed by atoms with Crippen molar-refractivity contribution in [3.05, 3.63) is 90.3 Å². The van der Waals surface area contributed by atoms with Gasteiger partial charge in [-0.3, -0.25) is 14.6 Å². The first kappa shape index (κ1) is 22.6. The lowest BCUT2D eigenvalue weighted by atomic mass is 10.0. The van der Waals surface area contributed by atoms with Crippen molar-refractivity contribution in [2.24, 2.45) is 5.73 Å². The highest BCUT2D eigenvalue weighted by molar-refractivity contribution is 6.13. The van der Waals surface area contributed by atoms with Crippen LogP contribution in [-0.4, -0.2) is 23.2 Å². The van der Waals surface area contributed by atoms with E-state index in [-0.39, 0.29) is 11.4 Å². The molecule has 1 heterocycles.